The molecule has 0 fully saturated rings. The molecule has 7 heteroatoms. The first-order chi connectivity index (χ1) is 5.69. The summed E-state index contributed by atoms with van der Waals surface area (Å²) in [6.07, 6.45) is 1.27. The van der Waals surface area contributed by atoms with Gasteiger partial charge in [-0.2, -0.15) is 0 Å². The van der Waals surface area contributed by atoms with E-state index in [2.05, 4.69) is 11.9 Å². The molecule has 0 aliphatic heterocycles. The van der Waals surface area contributed by atoms with Gasteiger partial charge in [-0.1, -0.05) is 6.58 Å². The van der Waals surface area contributed by atoms with Crippen molar-refractivity contribution in [2.24, 2.45) is 0 Å². The van der Waals surface area contributed by atoms with E-state index >= 15 is 0 Å². The SMILES string of the molecule is C=CC(=O)NC(C)(C)C.O=S([O-])O.[H-].[K+]. The Bertz CT molecular complexity index is 204. The van der Waals surface area contributed by atoms with Crippen molar-refractivity contribution in [2.75, 3.05) is 0 Å². The predicted octanol–water partition coefficient (Wildman–Crippen LogP) is -2.46. The Kier molecular flexibility index (Phi) is 15.2. The summed E-state index contributed by atoms with van der Waals surface area (Å²) in [6.45, 7) is 9.11. The number of hydrogen-bond donors (Lipinski definition) is 2. The van der Waals surface area contributed by atoms with Crippen LogP contribution in [0.3, 0.4) is 0 Å². The molecule has 0 aromatic heterocycles. The Hall–Kier alpha value is 0.916. The van der Waals surface area contributed by atoms with Crippen LogP contribution in [-0.2, 0) is 16.2 Å². The molecular formula is C7H15KNO4S-. The molecule has 2 N–H and O–H groups in total. The van der Waals surface area contributed by atoms with Gasteiger partial charge in [-0.25, -0.2) is 4.21 Å². The Morgan fingerprint density at radius 2 is 1.93 bits per heavy atom. The zero-order chi connectivity index (χ0) is 11.1. The first-order valence-electron chi connectivity index (χ1n) is 3.42. The van der Waals surface area contributed by atoms with Gasteiger partial charge in [0.2, 0.25) is 5.91 Å². The van der Waals surface area contributed by atoms with Crippen LogP contribution in [0.1, 0.15) is 22.2 Å². The zero-order valence-corrected chi connectivity index (χ0v) is 12.8. The van der Waals surface area contributed by atoms with E-state index in [-0.39, 0.29) is 64.3 Å². The van der Waals surface area contributed by atoms with Gasteiger partial charge in [-0.3, -0.25) is 4.79 Å². The average molecular weight is 248 g/mol. The molecule has 0 saturated heterocycles. The average Bonchev–Trinajstić information content (AvgIpc) is 1.82. The summed E-state index contributed by atoms with van der Waals surface area (Å²) >= 11 is -2.86. The van der Waals surface area contributed by atoms with Gasteiger partial charge in [0.1, 0.15) is 0 Å². The van der Waals surface area contributed by atoms with Gasteiger partial charge in [0.05, 0.1) is 11.4 Å². The molecule has 0 heterocycles. The van der Waals surface area contributed by atoms with Crippen molar-refractivity contribution in [3.05, 3.63) is 12.7 Å². The van der Waals surface area contributed by atoms with Crippen molar-refractivity contribution in [3.8, 4) is 0 Å². The molecule has 0 bridgehead atoms. The Labute approximate surface area is 131 Å². The minimum Gasteiger partial charge on any atom is -1.00 e. The fourth-order valence-corrected chi connectivity index (χ4v) is 0.421. The van der Waals surface area contributed by atoms with E-state index in [0.717, 1.165) is 0 Å². The molecule has 5 nitrogen and oxygen atoms in total. The molecule has 0 aliphatic rings. The van der Waals surface area contributed by atoms with Crippen LogP contribution in [0, 0.1) is 0 Å². The summed E-state index contributed by atoms with van der Waals surface area (Å²) in [6, 6.07) is 0. The maximum atomic E-state index is 10.6. The van der Waals surface area contributed by atoms with Crippen molar-refractivity contribution in [1.29, 1.82) is 0 Å². The van der Waals surface area contributed by atoms with E-state index in [9.17, 15) is 4.79 Å². The predicted molar refractivity (Wildman–Crippen MR) is 50.8 cm³/mol. The summed E-state index contributed by atoms with van der Waals surface area (Å²) in [4.78, 5) is 10.6. The van der Waals surface area contributed by atoms with Gasteiger partial charge in [0.25, 0.3) is 0 Å². The van der Waals surface area contributed by atoms with E-state index in [0.29, 0.717) is 0 Å². The third kappa shape index (κ3) is 29.3. The van der Waals surface area contributed by atoms with Crippen molar-refractivity contribution < 1.29 is 70.9 Å². The maximum Gasteiger partial charge on any atom is 1.00 e. The van der Waals surface area contributed by atoms with Crippen LogP contribution in [0.4, 0.5) is 0 Å². The van der Waals surface area contributed by atoms with Crippen LogP contribution >= 0.6 is 0 Å². The van der Waals surface area contributed by atoms with Gasteiger partial charge in [0, 0.05) is 5.54 Å². The second kappa shape index (κ2) is 10.4. The molecule has 0 radical (unpaired) electrons. The van der Waals surface area contributed by atoms with E-state index < -0.39 is 11.4 Å². The number of nitrogens with one attached hydrogen (secondary N) is 1. The molecule has 14 heavy (non-hydrogen) atoms. The van der Waals surface area contributed by atoms with Crippen molar-refractivity contribution in [2.45, 2.75) is 26.3 Å². The van der Waals surface area contributed by atoms with Gasteiger partial charge < -0.3 is 15.8 Å². The number of carbonyl (C=O) groups excluding carboxylic acids is 1. The molecule has 0 aromatic carbocycles. The van der Waals surface area contributed by atoms with E-state index in [4.69, 9.17) is 13.3 Å². The first-order valence-corrected chi connectivity index (χ1v) is 4.45. The minimum absolute atomic E-state index is 0. The molecule has 0 aliphatic carbocycles. The third-order valence-corrected chi connectivity index (χ3v) is 0.684. The standard InChI is InChI=1S/C7H13NO.K.H2O3S.H/c1-5-6(9)8-7(2,3)4;;1-4(2)3;/h5H,1H2,2-4H3,(H,8,9);;(H2,1,2,3);/q;+1;;-1/p-1. The number of amides is 1. The topological polar surface area (TPSA) is 89.5 Å². The maximum absolute atomic E-state index is 10.6. The monoisotopic (exact) mass is 248 g/mol. The summed E-state index contributed by atoms with van der Waals surface area (Å²) in [5.41, 5.74) is -0.148. The van der Waals surface area contributed by atoms with Crippen molar-refractivity contribution in [1.82, 2.24) is 5.32 Å². The van der Waals surface area contributed by atoms with E-state index in [1.54, 1.807) is 0 Å². The van der Waals surface area contributed by atoms with Gasteiger partial charge in [-0.05, 0) is 26.8 Å². The Morgan fingerprint density at radius 1 is 1.64 bits per heavy atom. The van der Waals surface area contributed by atoms with Crippen LogP contribution in [-0.4, -0.2) is 24.8 Å². The fraction of sp³-hybridized carbons (Fsp3) is 0.571. The van der Waals surface area contributed by atoms with Crippen molar-refractivity contribution >= 4 is 17.3 Å². The van der Waals surface area contributed by atoms with E-state index in [1.807, 2.05) is 20.8 Å². The molecule has 0 saturated carbocycles. The van der Waals surface area contributed by atoms with Crippen LogP contribution in [0.2, 0.25) is 0 Å². The van der Waals surface area contributed by atoms with Gasteiger partial charge in [0.15, 0.2) is 0 Å². The van der Waals surface area contributed by atoms with Crippen molar-refractivity contribution in [3.63, 3.8) is 0 Å². The molecule has 1 atom stereocenters. The molecule has 1 amide bonds. The van der Waals surface area contributed by atoms with Gasteiger partial charge in [-0.15, -0.1) is 0 Å². The molecule has 1 unspecified atom stereocenters. The fourth-order valence-electron chi connectivity index (χ4n) is 0.421. The van der Waals surface area contributed by atoms with Crippen LogP contribution in [0.5, 0.6) is 0 Å². The second-order valence-corrected chi connectivity index (χ2v) is 3.59. The van der Waals surface area contributed by atoms with Crippen LogP contribution in [0.25, 0.3) is 0 Å². The summed E-state index contributed by atoms with van der Waals surface area (Å²) in [5, 5.41) is 2.71. The normalized spacial score (nSPS) is 11.2. The van der Waals surface area contributed by atoms with Crippen LogP contribution in [0.15, 0.2) is 12.7 Å². The van der Waals surface area contributed by atoms with Gasteiger partial charge >= 0.3 is 51.4 Å². The molecule has 0 aromatic rings. The largest absolute Gasteiger partial charge is 1.00 e. The smallest absolute Gasteiger partial charge is 1.00 e. The number of hydrogen-bond acceptors (Lipinski definition) is 3. The summed E-state index contributed by atoms with van der Waals surface area (Å²) in [5.74, 6) is -0.123. The quantitative estimate of drug-likeness (QED) is 0.306. The summed E-state index contributed by atoms with van der Waals surface area (Å²) in [7, 11) is 0. The zero-order valence-electron chi connectivity index (χ0n) is 9.86. The molecular weight excluding hydrogens is 233 g/mol. The Morgan fingerprint density at radius 3 is 2.00 bits per heavy atom. The first kappa shape index (κ1) is 20.3. The third-order valence-electron chi connectivity index (χ3n) is 0.684. The second-order valence-electron chi connectivity index (χ2n) is 3.16. The number of rotatable bonds is 1. The molecule has 0 rings (SSSR count). The number of carbonyl (C=O) groups is 1. The Balaban J connectivity index is -0.0000000883. The van der Waals surface area contributed by atoms with Crippen LogP contribution < -0.4 is 56.7 Å². The molecule has 0 spiro atoms. The van der Waals surface area contributed by atoms with E-state index in [1.165, 1.54) is 6.08 Å². The molecule has 80 valence electrons. The minimum atomic E-state index is -2.86. The summed E-state index contributed by atoms with van der Waals surface area (Å²) < 4.78 is 24.1.